The van der Waals surface area contributed by atoms with Gasteiger partial charge in [0.1, 0.15) is 12.1 Å². The lowest BCUT2D eigenvalue weighted by Gasteiger charge is -2.22. The minimum absolute atomic E-state index is 0.00374. The van der Waals surface area contributed by atoms with E-state index in [9.17, 15) is 23.2 Å². The van der Waals surface area contributed by atoms with Crippen molar-refractivity contribution in [1.82, 2.24) is 10.2 Å². The first-order valence-electron chi connectivity index (χ1n) is 9.27. The lowest BCUT2D eigenvalue weighted by molar-refractivity contribution is -0.133. The van der Waals surface area contributed by atoms with Crippen LogP contribution in [-0.2, 0) is 16.0 Å². The number of halogens is 2. The molecule has 4 amide bonds. The number of imide groups is 1. The maximum atomic E-state index is 13.3. The SMILES string of the molecule is COc1ccc(C[C@]2(C)NC(=O)N(CC(=O)Nc3ccc(F)c(F)c3)C2=O)cc1OC. The van der Waals surface area contributed by atoms with E-state index in [1.807, 2.05) is 0 Å². The molecule has 0 unspecified atom stereocenters. The average molecular weight is 433 g/mol. The summed E-state index contributed by atoms with van der Waals surface area (Å²) in [7, 11) is 2.99. The van der Waals surface area contributed by atoms with Gasteiger partial charge in [-0.3, -0.25) is 14.5 Å². The Balaban J connectivity index is 1.70. The second-order valence-corrected chi connectivity index (χ2v) is 7.20. The predicted octanol–water partition coefficient (Wildman–Crippen LogP) is 2.47. The fourth-order valence-electron chi connectivity index (χ4n) is 3.33. The molecule has 3 rings (SSSR count). The molecule has 2 N–H and O–H groups in total. The number of nitrogens with zero attached hydrogens (tertiary/aromatic N) is 1. The third-order valence-corrected chi connectivity index (χ3v) is 4.86. The highest BCUT2D eigenvalue weighted by atomic mass is 19.2. The van der Waals surface area contributed by atoms with Gasteiger partial charge in [0.2, 0.25) is 5.91 Å². The summed E-state index contributed by atoms with van der Waals surface area (Å²) in [5, 5.41) is 4.94. The Bertz CT molecular complexity index is 1050. The summed E-state index contributed by atoms with van der Waals surface area (Å²) in [6, 6.07) is 7.23. The van der Waals surface area contributed by atoms with E-state index in [4.69, 9.17) is 9.47 Å². The van der Waals surface area contributed by atoms with Crippen molar-refractivity contribution in [2.24, 2.45) is 0 Å². The van der Waals surface area contributed by atoms with Crippen LogP contribution in [0.5, 0.6) is 11.5 Å². The quantitative estimate of drug-likeness (QED) is 0.654. The van der Waals surface area contributed by atoms with Gasteiger partial charge in [-0.05, 0) is 36.8 Å². The maximum Gasteiger partial charge on any atom is 0.325 e. The summed E-state index contributed by atoms with van der Waals surface area (Å²) in [6.45, 7) is 0.975. The molecule has 1 aliphatic heterocycles. The molecule has 1 heterocycles. The molecular weight excluding hydrogens is 412 g/mol. The number of ether oxygens (including phenoxy) is 2. The molecule has 1 saturated heterocycles. The summed E-state index contributed by atoms with van der Waals surface area (Å²) in [6.07, 6.45) is 0.152. The molecule has 0 spiro atoms. The van der Waals surface area contributed by atoms with Crippen LogP contribution in [0, 0.1) is 11.6 Å². The maximum absolute atomic E-state index is 13.3. The smallest absolute Gasteiger partial charge is 0.325 e. The molecular formula is C21H21F2N3O5. The summed E-state index contributed by atoms with van der Waals surface area (Å²) in [4.78, 5) is 38.3. The van der Waals surface area contributed by atoms with Crippen LogP contribution in [0.1, 0.15) is 12.5 Å². The van der Waals surface area contributed by atoms with Crippen molar-refractivity contribution in [2.75, 3.05) is 26.1 Å². The molecule has 1 aliphatic rings. The van der Waals surface area contributed by atoms with E-state index < -0.39 is 41.6 Å². The van der Waals surface area contributed by atoms with E-state index >= 15 is 0 Å². The summed E-state index contributed by atoms with van der Waals surface area (Å²) < 4.78 is 36.8. The largest absolute Gasteiger partial charge is 0.493 e. The van der Waals surface area contributed by atoms with E-state index in [1.165, 1.54) is 20.3 Å². The van der Waals surface area contributed by atoms with Gasteiger partial charge in [0.05, 0.1) is 14.2 Å². The molecule has 0 aromatic heterocycles. The third-order valence-electron chi connectivity index (χ3n) is 4.86. The Labute approximate surface area is 177 Å². The second kappa shape index (κ2) is 8.58. The number of benzene rings is 2. The number of amides is 4. The number of carbonyl (C=O) groups is 3. The van der Waals surface area contributed by atoms with Gasteiger partial charge in [-0.1, -0.05) is 6.07 Å². The van der Waals surface area contributed by atoms with E-state index in [0.29, 0.717) is 17.1 Å². The summed E-state index contributed by atoms with van der Waals surface area (Å²) in [5.74, 6) is -2.51. The van der Waals surface area contributed by atoms with Crippen LogP contribution in [-0.4, -0.2) is 49.0 Å². The summed E-state index contributed by atoms with van der Waals surface area (Å²) in [5.41, 5.74) is -0.565. The van der Waals surface area contributed by atoms with Crippen molar-refractivity contribution < 1.29 is 32.6 Å². The van der Waals surface area contributed by atoms with Crippen LogP contribution >= 0.6 is 0 Å². The Kier molecular flexibility index (Phi) is 6.09. The molecule has 0 saturated carbocycles. The van der Waals surface area contributed by atoms with E-state index in [2.05, 4.69) is 10.6 Å². The van der Waals surface area contributed by atoms with Gasteiger partial charge in [-0.15, -0.1) is 0 Å². The molecule has 1 atom stereocenters. The molecule has 2 aromatic carbocycles. The lowest BCUT2D eigenvalue weighted by atomic mass is 9.92. The highest BCUT2D eigenvalue weighted by Crippen LogP contribution is 2.30. The van der Waals surface area contributed by atoms with Gasteiger partial charge >= 0.3 is 6.03 Å². The van der Waals surface area contributed by atoms with Gasteiger partial charge in [0.15, 0.2) is 23.1 Å². The van der Waals surface area contributed by atoms with Gasteiger partial charge in [0.25, 0.3) is 5.91 Å². The Hall–Kier alpha value is -3.69. The van der Waals surface area contributed by atoms with Gasteiger partial charge in [0, 0.05) is 18.2 Å². The van der Waals surface area contributed by atoms with Crippen molar-refractivity contribution >= 4 is 23.5 Å². The first-order chi connectivity index (χ1) is 14.7. The zero-order chi connectivity index (χ0) is 22.8. The van der Waals surface area contributed by atoms with Crippen LogP contribution in [0.3, 0.4) is 0 Å². The minimum atomic E-state index is -1.28. The fourth-order valence-corrected chi connectivity index (χ4v) is 3.33. The van der Waals surface area contributed by atoms with E-state index in [1.54, 1.807) is 25.1 Å². The molecule has 2 aromatic rings. The standard InChI is InChI=1S/C21H21F2N3O5/c1-21(10-12-4-7-16(30-2)17(8-12)31-3)19(28)26(20(29)25-21)11-18(27)24-13-5-6-14(22)15(23)9-13/h4-9H,10-11H2,1-3H3,(H,24,27)(H,25,29)/t21-/m0/s1. The van der Waals surface area contributed by atoms with Gasteiger partial charge in [-0.2, -0.15) is 0 Å². The molecule has 31 heavy (non-hydrogen) atoms. The van der Waals surface area contributed by atoms with Crippen LogP contribution in [0.2, 0.25) is 0 Å². The lowest BCUT2D eigenvalue weighted by Crippen LogP contribution is -2.46. The molecule has 0 aliphatic carbocycles. The predicted molar refractivity (Wildman–Crippen MR) is 107 cm³/mol. The van der Waals surface area contributed by atoms with E-state index in [-0.39, 0.29) is 12.1 Å². The van der Waals surface area contributed by atoms with Crippen LogP contribution < -0.4 is 20.1 Å². The monoisotopic (exact) mass is 433 g/mol. The van der Waals surface area contributed by atoms with Gasteiger partial charge in [-0.25, -0.2) is 13.6 Å². The molecule has 164 valence electrons. The Morgan fingerprint density at radius 3 is 2.42 bits per heavy atom. The third kappa shape index (κ3) is 4.57. The Morgan fingerprint density at radius 2 is 1.77 bits per heavy atom. The molecule has 10 heteroatoms. The normalized spacial score (nSPS) is 18.0. The number of urea groups is 1. The second-order valence-electron chi connectivity index (χ2n) is 7.20. The zero-order valence-corrected chi connectivity index (χ0v) is 17.1. The first-order valence-corrected chi connectivity index (χ1v) is 9.27. The number of methoxy groups -OCH3 is 2. The number of hydrogen-bond donors (Lipinski definition) is 2. The minimum Gasteiger partial charge on any atom is -0.493 e. The number of rotatable bonds is 7. The molecule has 0 radical (unpaired) electrons. The van der Waals surface area contributed by atoms with Crippen molar-refractivity contribution in [2.45, 2.75) is 18.9 Å². The number of carbonyl (C=O) groups excluding carboxylic acids is 3. The van der Waals surface area contributed by atoms with Crippen LogP contribution in [0.25, 0.3) is 0 Å². The summed E-state index contributed by atoms with van der Waals surface area (Å²) >= 11 is 0. The number of nitrogens with one attached hydrogen (secondary N) is 2. The Morgan fingerprint density at radius 1 is 1.06 bits per heavy atom. The van der Waals surface area contributed by atoms with Crippen molar-refractivity contribution in [1.29, 1.82) is 0 Å². The molecule has 8 nitrogen and oxygen atoms in total. The van der Waals surface area contributed by atoms with Crippen molar-refractivity contribution in [3.8, 4) is 11.5 Å². The highest BCUT2D eigenvalue weighted by molar-refractivity contribution is 6.10. The van der Waals surface area contributed by atoms with E-state index in [0.717, 1.165) is 17.0 Å². The number of hydrogen-bond acceptors (Lipinski definition) is 5. The average Bonchev–Trinajstić information content (AvgIpc) is 2.93. The van der Waals surface area contributed by atoms with Crippen molar-refractivity contribution in [3.63, 3.8) is 0 Å². The van der Waals surface area contributed by atoms with Crippen LogP contribution in [0.4, 0.5) is 19.3 Å². The highest BCUT2D eigenvalue weighted by Gasteiger charge is 2.48. The topological polar surface area (TPSA) is 97.0 Å². The van der Waals surface area contributed by atoms with Gasteiger partial charge < -0.3 is 20.1 Å². The van der Waals surface area contributed by atoms with Crippen molar-refractivity contribution in [3.05, 3.63) is 53.6 Å². The fraction of sp³-hybridized carbons (Fsp3) is 0.286. The number of anilines is 1. The molecule has 1 fully saturated rings. The first kappa shape index (κ1) is 22.0. The van der Waals surface area contributed by atoms with Crippen LogP contribution in [0.15, 0.2) is 36.4 Å². The molecule has 0 bridgehead atoms. The zero-order valence-electron chi connectivity index (χ0n) is 17.1.